The molecule has 0 N–H and O–H groups in total. The van der Waals surface area contributed by atoms with E-state index in [9.17, 15) is 4.79 Å². The van der Waals surface area contributed by atoms with Crippen molar-refractivity contribution in [3.8, 4) is 0 Å². The molecule has 108 valence electrons. The Morgan fingerprint density at radius 1 is 1.29 bits per heavy atom. The number of fused-ring (bicyclic) bond motifs is 1. The van der Waals surface area contributed by atoms with Crippen molar-refractivity contribution in [1.29, 1.82) is 0 Å². The molecule has 3 rings (SSSR count). The average Bonchev–Trinajstić information content (AvgIpc) is 2.55. The van der Waals surface area contributed by atoms with Crippen LogP contribution in [0.3, 0.4) is 0 Å². The second kappa shape index (κ2) is 6.08. The molecule has 1 amide bonds. The number of hydrogen-bond donors (Lipinski definition) is 0. The maximum Gasteiger partial charge on any atom is 0.226 e. The number of hydrogen-bond acceptors (Lipinski definition) is 2. The van der Waals surface area contributed by atoms with Gasteiger partial charge in [0.2, 0.25) is 5.91 Å². The van der Waals surface area contributed by atoms with Crippen LogP contribution in [0.5, 0.6) is 0 Å². The topological polar surface area (TPSA) is 33.2 Å². The van der Waals surface area contributed by atoms with Crippen LogP contribution in [0.4, 0.5) is 0 Å². The minimum absolute atomic E-state index is 0.146. The van der Waals surface area contributed by atoms with E-state index in [1.807, 2.05) is 30.1 Å². The van der Waals surface area contributed by atoms with Crippen LogP contribution in [0.1, 0.15) is 24.8 Å². The van der Waals surface area contributed by atoms with Crippen LogP contribution in [0.25, 0.3) is 10.9 Å². The average molecular weight is 280 g/mol. The number of allylic oxidation sites excluding steroid dienone is 2. The minimum Gasteiger partial charge on any atom is -0.341 e. The molecule has 3 nitrogen and oxygen atoms in total. The maximum absolute atomic E-state index is 12.5. The summed E-state index contributed by atoms with van der Waals surface area (Å²) in [6.07, 6.45) is 8.96. The van der Waals surface area contributed by atoms with Crippen molar-refractivity contribution in [3.05, 3.63) is 54.2 Å². The van der Waals surface area contributed by atoms with Crippen LogP contribution >= 0.6 is 0 Å². The third-order valence-electron chi connectivity index (χ3n) is 4.14. The fourth-order valence-electron chi connectivity index (χ4n) is 2.97. The molecule has 0 bridgehead atoms. The van der Waals surface area contributed by atoms with E-state index in [1.165, 1.54) is 0 Å². The van der Waals surface area contributed by atoms with E-state index >= 15 is 0 Å². The van der Waals surface area contributed by atoms with Crippen molar-refractivity contribution in [2.24, 2.45) is 5.92 Å². The van der Waals surface area contributed by atoms with E-state index < -0.39 is 0 Å². The first-order chi connectivity index (χ1) is 10.3. The van der Waals surface area contributed by atoms with E-state index in [-0.39, 0.29) is 11.8 Å². The molecular formula is C18H20N2O. The zero-order chi connectivity index (χ0) is 14.7. The first-order valence-corrected chi connectivity index (χ1v) is 7.48. The Morgan fingerprint density at radius 3 is 3.00 bits per heavy atom. The van der Waals surface area contributed by atoms with Crippen LogP contribution in [0.15, 0.2) is 48.7 Å². The molecule has 1 aliphatic carbocycles. The zero-order valence-electron chi connectivity index (χ0n) is 12.3. The Labute approximate surface area is 125 Å². The highest BCUT2D eigenvalue weighted by atomic mass is 16.2. The number of carbonyl (C=O) groups excluding carboxylic acids is 1. The first kappa shape index (κ1) is 13.8. The number of benzene rings is 1. The lowest BCUT2D eigenvalue weighted by Gasteiger charge is -2.25. The SMILES string of the molecule is CN(Cc1cccc2ncccc12)C(=O)[C@H]1CC=CCC1. The van der Waals surface area contributed by atoms with Gasteiger partial charge in [0.25, 0.3) is 0 Å². The van der Waals surface area contributed by atoms with E-state index in [1.54, 1.807) is 6.20 Å². The highest BCUT2D eigenvalue weighted by Crippen LogP contribution is 2.22. The number of aromatic nitrogens is 1. The number of amides is 1. The predicted molar refractivity (Wildman–Crippen MR) is 84.7 cm³/mol. The Morgan fingerprint density at radius 2 is 2.19 bits per heavy atom. The van der Waals surface area contributed by atoms with E-state index in [0.717, 1.165) is 35.7 Å². The molecule has 0 saturated carbocycles. The van der Waals surface area contributed by atoms with Gasteiger partial charge < -0.3 is 4.90 Å². The molecule has 21 heavy (non-hydrogen) atoms. The fourth-order valence-corrected chi connectivity index (χ4v) is 2.97. The normalized spacial score (nSPS) is 17.9. The summed E-state index contributed by atoms with van der Waals surface area (Å²) in [5, 5.41) is 1.13. The lowest BCUT2D eigenvalue weighted by Crippen LogP contribution is -2.33. The molecular weight excluding hydrogens is 260 g/mol. The lowest BCUT2D eigenvalue weighted by atomic mass is 9.93. The first-order valence-electron chi connectivity index (χ1n) is 7.48. The van der Waals surface area contributed by atoms with Gasteiger partial charge in [-0.05, 0) is 37.0 Å². The minimum atomic E-state index is 0.146. The maximum atomic E-state index is 12.5. The van der Waals surface area contributed by atoms with Gasteiger partial charge in [0.1, 0.15) is 0 Å². The Hall–Kier alpha value is -2.16. The van der Waals surface area contributed by atoms with Crippen molar-refractivity contribution in [3.63, 3.8) is 0 Å². The number of pyridine rings is 1. The van der Waals surface area contributed by atoms with Gasteiger partial charge in [-0.15, -0.1) is 0 Å². The van der Waals surface area contributed by atoms with Gasteiger partial charge in [-0.3, -0.25) is 9.78 Å². The number of carbonyl (C=O) groups is 1. The quantitative estimate of drug-likeness (QED) is 0.806. The second-order valence-corrected chi connectivity index (χ2v) is 5.66. The molecule has 3 heteroatoms. The molecule has 0 aliphatic heterocycles. The molecule has 0 spiro atoms. The highest BCUT2D eigenvalue weighted by Gasteiger charge is 2.22. The highest BCUT2D eigenvalue weighted by molar-refractivity contribution is 5.83. The summed E-state index contributed by atoms with van der Waals surface area (Å²) in [4.78, 5) is 18.7. The number of nitrogens with zero attached hydrogens (tertiary/aromatic N) is 2. The summed E-state index contributed by atoms with van der Waals surface area (Å²) < 4.78 is 0. The molecule has 0 radical (unpaired) electrons. The molecule has 1 aliphatic rings. The van der Waals surface area contributed by atoms with Crippen molar-refractivity contribution >= 4 is 16.8 Å². The second-order valence-electron chi connectivity index (χ2n) is 5.66. The van der Waals surface area contributed by atoms with Crippen LogP contribution in [0.2, 0.25) is 0 Å². The van der Waals surface area contributed by atoms with Crippen molar-refractivity contribution in [1.82, 2.24) is 9.88 Å². The molecule has 1 aromatic carbocycles. The number of rotatable bonds is 3. The van der Waals surface area contributed by atoms with Crippen LogP contribution in [-0.4, -0.2) is 22.8 Å². The molecule has 1 aromatic heterocycles. The predicted octanol–water partition coefficient (Wildman–Crippen LogP) is 3.55. The third kappa shape index (κ3) is 2.97. The molecule has 0 unspecified atom stereocenters. The fraction of sp³-hybridized carbons (Fsp3) is 0.333. The van der Waals surface area contributed by atoms with E-state index in [0.29, 0.717) is 6.54 Å². The van der Waals surface area contributed by atoms with Crippen LogP contribution < -0.4 is 0 Å². The standard InChI is InChI=1S/C18H20N2O/c1-20(18(21)14-7-3-2-4-8-14)13-15-9-5-11-17-16(15)10-6-12-19-17/h2-3,5-6,9-12,14H,4,7-8,13H2,1H3/t14-/m0/s1. The summed E-state index contributed by atoms with van der Waals surface area (Å²) in [6.45, 7) is 0.641. The zero-order valence-corrected chi connectivity index (χ0v) is 12.3. The van der Waals surface area contributed by atoms with Crippen LogP contribution in [0, 0.1) is 5.92 Å². The van der Waals surface area contributed by atoms with Crippen molar-refractivity contribution in [2.45, 2.75) is 25.8 Å². The summed E-state index contributed by atoms with van der Waals surface area (Å²) >= 11 is 0. The molecule has 2 aromatic rings. The van der Waals surface area contributed by atoms with Gasteiger partial charge in [0.15, 0.2) is 0 Å². The van der Waals surface area contributed by atoms with E-state index in [4.69, 9.17) is 0 Å². The lowest BCUT2D eigenvalue weighted by molar-refractivity contribution is -0.134. The van der Waals surface area contributed by atoms with Gasteiger partial charge in [-0.25, -0.2) is 0 Å². The summed E-state index contributed by atoms with van der Waals surface area (Å²) in [7, 11) is 1.90. The Balaban J connectivity index is 1.78. The Kier molecular flexibility index (Phi) is 4.00. The Bertz CT molecular complexity index is 672. The van der Waals surface area contributed by atoms with E-state index in [2.05, 4.69) is 29.3 Å². The van der Waals surface area contributed by atoms with Gasteiger partial charge in [-0.1, -0.05) is 30.4 Å². The van der Waals surface area contributed by atoms with Crippen LogP contribution in [-0.2, 0) is 11.3 Å². The van der Waals surface area contributed by atoms with Gasteiger partial charge in [0.05, 0.1) is 5.52 Å². The molecule has 0 fully saturated rings. The summed E-state index contributed by atoms with van der Waals surface area (Å²) in [5.74, 6) is 0.397. The van der Waals surface area contributed by atoms with Crippen molar-refractivity contribution in [2.75, 3.05) is 7.05 Å². The molecule has 1 atom stereocenters. The third-order valence-corrected chi connectivity index (χ3v) is 4.14. The van der Waals surface area contributed by atoms with Gasteiger partial charge in [0, 0.05) is 31.1 Å². The van der Waals surface area contributed by atoms with Gasteiger partial charge >= 0.3 is 0 Å². The summed E-state index contributed by atoms with van der Waals surface area (Å²) in [5.41, 5.74) is 2.14. The smallest absolute Gasteiger partial charge is 0.226 e. The monoisotopic (exact) mass is 280 g/mol. The molecule has 0 saturated heterocycles. The van der Waals surface area contributed by atoms with Gasteiger partial charge in [-0.2, -0.15) is 0 Å². The molecule has 1 heterocycles. The largest absolute Gasteiger partial charge is 0.341 e. The van der Waals surface area contributed by atoms with Crippen molar-refractivity contribution < 1.29 is 4.79 Å². The summed E-state index contributed by atoms with van der Waals surface area (Å²) in [6, 6.07) is 10.1.